The number of aromatic nitrogens is 4. The van der Waals surface area contributed by atoms with Gasteiger partial charge in [0.1, 0.15) is 17.7 Å². The Labute approximate surface area is 122 Å². The second kappa shape index (κ2) is 6.51. The molecule has 2 aromatic rings. The smallest absolute Gasteiger partial charge is 0.321 e. The van der Waals surface area contributed by atoms with E-state index in [0.29, 0.717) is 13.1 Å². The molecule has 0 amide bonds. The molecule has 0 unspecified atom stereocenters. The molecule has 8 nitrogen and oxygen atoms in total. The highest BCUT2D eigenvalue weighted by molar-refractivity contribution is 5.73. The van der Waals surface area contributed by atoms with Gasteiger partial charge in [-0.05, 0) is 0 Å². The van der Waals surface area contributed by atoms with Crippen LogP contribution in [-0.4, -0.2) is 47.7 Å². The van der Waals surface area contributed by atoms with E-state index in [4.69, 9.17) is 10.8 Å². The van der Waals surface area contributed by atoms with Gasteiger partial charge < -0.3 is 20.0 Å². The predicted octanol–water partition coefficient (Wildman–Crippen LogP) is -0.432. The molecule has 0 saturated heterocycles. The molecule has 0 aliphatic carbocycles. The minimum Gasteiger partial charge on any atom is -0.480 e. The number of aryl methyl sites for hydroxylation is 2. The molecule has 0 spiro atoms. The molecule has 0 aliphatic heterocycles. The van der Waals surface area contributed by atoms with Gasteiger partial charge in [-0.3, -0.25) is 9.69 Å². The van der Waals surface area contributed by atoms with Gasteiger partial charge >= 0.3 is 5.97 Å². The van der Waals surface area contributed by atoms with Crippen LogP contribution in [0.5, 0.6) is 0 Å². The summed E-state index contributed by atoms with van der Waals surface area (Å²) in [4.78, 5) is 21.4. The SMILES string of the molecule is Cn1ccnc1CN(Cc1nccn1C)C[C@H](N)C(=O)O. The normalized spacial score (nSPS) is 12.8. The molecule has 3 N–H and O–H groups in total. The fourth-order valence-corrected chi connectivity index (χ4v) is 2.04. The maximum atomic E-state index is 11.0. The second-order valence-electron chi connectivity index (χ2n) is 5.02. The average Bonchev–Trinajstić information content (AvgIpc) is 3.00. The van der Waals surface area contributed by atoms with Gasteiger partial charge in [-0.2, -0.15) is 0 Å². The molecule has 0 radical (unpaired) electrons. The van der Waals surface area contributed by atoms with Crippen molar-refractivity contribution in [2.75, 3.05) is 6.54 Å². The molecular weight excluding hydrogens is 272 g/mol. The number of carboxylic acids is 1. The lowest BCUT2D eigenvalue weighted by molar-refractivity contribution is -0.139. The fraction of sp³-hybridized carbons (Fsp3) is 0.462. The summed E-state index contributed by atoms with van der Waals surface area (Å²) in [6, 6.07) is -0.939. The lowest BCUT2D eigenvalue weighted by Gasteiger charge is -2.23. The Morgan fingerprint density at radius 1 is 1.24 bits per heavy atom. The summed E-state index contributed by atoms with van der Waals surface area (Å²) in [6.07, 6.45) is 7.13. The molecular formula is C13H20N6O2. The maximum absolute atomic E-state index is 11.0. The van der Waals surface area contributed by atoms with E-state index in [1.54, 1.807) is 12.4 Å². The minimum atomic E-state index is -1.01. The Hall–Kier alpha value is -2.19. The Kier molecular flexibility index (Phi) is 4.71. The monoisotopic (exact) mass is 292 g/mol. The molecule has 0 fully saturated rings. The Morgan fingerprint density at radius 2 is 1.71 bits per heavy atom. The number of carboxylic acid groups (broad SMARTS) is 1. The van der Waals surface area contributed by atoms with E-state index in [2.05, 4.69) is 9.97 Å². The van der Waals surface area contributed by atoms with Crippen LogP contribution in [0, 0.1) is 0 Å². The Morgan fingerprint density at radius 3 is 2.05 bits per heavy atom. The van der Waals surface area contributed by atoms with Gasteiger partial charge in [0.2, 0.25) is 0 Å². The molecule has 2 rings (SSSR count). The topological polar surface area (TPSA) is 102 Å². The van der Waals surface area contributed by atoms with E-state index < -0.39 is 12.0 Å². The van der Waals surface area contributed by atoms with Crippen molar-refractivity contribution in [2.24, 2.45) is 19.8 Å². The van der Waals surface area contributed by atoms with E-state index in [1.165, 1.54) is 0 Å². The first kappa shape index (κ1) is 15.2. The first-order chi connectivity index (χ1) is 9.97. The number of carbonyl (C=O) groups is 1. The third-order valence-electron chi connectivity index (χ3n) is 3.34. The highest BCUT2D eigenvalue weighted by atomic mass is 16.4. The van der Waals surface area contributed by atoms with Gasteiger partial charge in [-0.25, -0.2) is 9.97 Å². The van der Waals surface area contributed by atoms with Crippen molar-refractivity contribution in [1.29, 1.82) is 0 Å². The quantitative estimate of drug-likeness (QED) is 0.718. The van der Waals surface area contributed by atoms with Crippen LogP contribution in [0.25, 0.3) is 0 Å². The minimum absolute atomic E-state index is 0.231. The van der Waals surface area contributed by atoms with Crippen LogP contribution in [0.3, 0.4) is 0 Å². The summed E-state index contributed by atoms with van der Waals surface area (Å²) in [5.74, 6) is 0.684. The maximum Gasteiger partial charge on any atom is 0.321 e. The van der Waals surface area contributed by atoms with Gasteiger partial charge in [0.25, 0.3) is 0 Å². The average molecular weight is 292 g/mol. The van der Waals surface area contributed by atoms with Crippen molar-refractivity contribution in [2.45, 2.75) is 19.1 Å². The van der Waals surface area contributed by atoms with Crippen LogP contribution >= 0.6 is 0 Å². The van der Waals surface area contributed by atoms with Gasteiger partial charge in [0.15, 0.2) is 0 Å². The number of aliphatic carboxylic acids is 1. The highest BCUT2D eigenvalue weighted by Crippen LogP contribution is 2.07. The first-order valence-corrected chi connectivity index (χ1v) is 6.60. The zero-order chi connectivity index (χ0) is 15.4. The third-order valence-corrected chi connectivity index (χ3v) is 3.34. The number of nitrogens with two attached hydrogens (primary N) is 1. The molecule has 1 atom stereocenters. The first-order valence-electron chi connectivity index (χ1n) is 6.60. The van der Waals surface area contributed by atoms with E-state index in [9.17, 15) is 4.79 Å². The number of imidazole rings is 2. The van der Waals surface area contributed by atoms with Crippen molar-refractivity contribution in [3.8, 4) is 0 Å². The molecule has 0 aromatic carbocycles. The molecule has 0 aliphatic rings. The van der Waals surface area contributed by atoms with Gasteiger partial charge in [0, 0.05) is 45.4 Å². The van der Waals surface area contributed by atoms with Crippen LogP contribution < -0.4 is 5.73 Å². The molecule has 114 valence electrons. The zero-order valence-electron chi connectivity index (χ0n) is 12.2. The second-order valence-corrected chi connectivity index (χ2v) is 5.02. The third kappa shape index (κ3) is 3.89. The number of hydrogen-bond donors (Lipinski definition) is 2. The molecule has 2 heterocycles. The van der Waals surface area contributed by atoms with Crippen LogP contribution in [0.2, 0.25) is 0 Å². The van der Waals surface area contributed by atoms with Crippen molar-refractivity contribution in [3.63, 3.8) is 0 Å². The van der Waals surface area contributed by atoms with Crippen molar-refractivity contribution < 1.29 is 9.90 Å². The molecule has 0 bridgehead atoms. The predicted molar refractivity (Wildman–Crippen MR) is 76.1 cm³/mol. The van der Waals surface area contributed by atoms with E-state index in [0.717, 1.165) is 11.6 Å². The summed E-state index contributed by atoms with van der Waals surface area (Å²) >= 11 is 0. The number of nitrogens with zero attached hydrogens (tertiary/aromatic N) is 5. The standard InChI is InChI=1S/C13H20N6O2/c1-17-5-3-15-11(17)8-19(7-10(14)13(20)21)9-12-16-4-6-18(12)2/h3-6,10H,7-9,14H2,1-2H3,(H,20,21)/t10-/m0/s1. The van der Waals surface area contributed by atoms with E-state index in [1.807, 2.05) is 40.5 Å². The van der Waals surface area contributed by atoms with Crippen molar-refractivity contribution >= 4 is 5.97 Å². The Bertz CT molecular complexity index is 563. The largest absolute Gasteiger partial charge is 0.480 e. The fourth-order valence-electron chi connectivity index (χ4n) is 2.04. The van der Waals surface area contributed by atoms with E-state index in [-0.39, 0.29) is 6.54 Å². The summed E-state index contributed by atoms with van der Waals surface area (Å²) in [5.41, 5.74) is 5.66. The van der Waals surface area contributed by atoms with Crippen LogP contribution in [0.1, 0.15) is 11.6 Å². The summed E-state index contributed by atoms with van der Waals surface area (Å²) in [5, 5.41) is 9.00. The van der Waals surface area contributed by atoms with Crippen LogP contribution in [0.4, 0.5) is 0 Å². The molecule has 2 aromatic heterocycles. The van der Waals surface area contributed by atoms with Crippen molar-refractivity contribution in [1.82, 2.24) is 24.0 Å². The summed E-state index contributed by atoms with van der Waals surface area (Å²) < 4.78 is 3.80. The van der Waals surface area contributed by atoms with Gasteiger partial charge in [0.05, 0.1) is 13.1 Å². The molecule has 0 saturated carbocycles. The lowest BCUT2D eigenvalue weighted by atomic mass is 10.2. The Balaban J connectivity index is 2.12. The summed E-state index contributed by atoms with van der Waals surface area (Å²) in [7, 11) is 3.80. The molecule has 8 heteroatoms. The van der Waals surface area contributed by atoms with E-state index >= 15 is 0 Å². The zero-order valence-corrected chi connectivity index (χ0v) is 12.2. The van der Waals surface area contributed by atoms with Gasteiger partial charge in [-0.1, -0.05) is 0 Å². The number of rotatable bonds is 7. The lowest BCUT2D eigenvalue weighted by Crippen LogP contribution is -2.42. The van der Waals surface area contributed by atoms with Crippen LogP contribution in [0.15, 0.2) is 24.8 Å². The molecule has 21 heavy (non-hydrogen) atoms. The van der Waals surface area contributed by atoms with Gasteiger partial charge in [-0.15, -0.1) is 0 Å². The summed E-state index contributed by atoms with van der Waals surface area (Å²) in [6.45, 7) is 1.25. The van der Waals surface area contributed by atoms with Crippen LogP contribution in [-0.2, 0) is 32.0 Å². The number of hydrogen-bond acceptors (Lipinski definition) is 5. The van der Waals surface area contributed by atoms with Crippen molar-refractivity contribution in [3.05, 3.63) is 36.4 Å². The highest BCUT2D eigenvalue weighted by Gasteiger charge is 2.19.